The number of methoxy groups -OCH3 is 2. The maximum absolute atomic E-state index is 5.41. The number of nitrogens with one attached hydrogen (secondary N) is 1. The second kappa shape index (κ2) is 5.85. The summed E-state index contributed by atoms with van der Waals surface area (Å²) in [6, 6.07) is 0. The van der Waals surface area contributed by atoms with Crippen LogP contribution in [0.25, 0.3) is 11.2 Å². The molecule has 2 heterocycles. The minimum atomic E-state index is -0.0313. The first-order valence-corrected chi connectivity index (χ1v) is 6.70. The Morgan fingerprint density at radius 1 is 1.42 bits per heavy atom. The standard InChI is InChI=1S/C12H20N4O2S/c1-5-16-11-10(8(2)14-16)13-12(19)15(11)6-9(18-4)7-17-3/h9H,5-7H2,1-4H3,(H,13,19). The minimum Gasteiger partial charge on any atom is -0.382 e. The molecule has 7 heteroatoms. The van der Waals surface area contributed by atoms with Gasteiger partial charge in [0.1, 0.15) is 5.52 Å². The minimum absolute atomic E-state index is 0.0313. The SMILES string of the molecule is CCn1nc(C)c2[nH]c(=S)n(CC(COC)OC)c21. The maximum Gasteiger partial charge on any atom is 0.179 e. The van der Waals surface area contributed by atoms with Crippen molar-refractivity contribution in [2.24, 2.45) is 0 Å². The van der Waals surface area contributed by atoms with Crippen LogP contribution in [0.15, 0.2) is 0 Å². The maximum atomic E-state index is 5.41. The third-order valence-corrected chi connectivity index (χ3v) is 3.53. The van der Waals surface area contributed by atoms with Gasteiger partial charge < -0.3 is 14.5 Å². The van der Waals surface area contributed by atoms with Gasteiger partial charge in [-0.15, -0.1) is 0 Å². The number of aromatic nitrogens is 4. The Hall–Kier alpha value is -1.18. The van der Waals surface area contributed by atoms with E-state index in [-0.39, 0.29) is 6.10 Å². The Bertz CT molecular complexity index is 613. The highest BCUT2D eigenvalue weighted by Crippen LogP contribution is 2.18. The quantitative estimate of drug-likeness (QED) is 0.823. The lowest BCUT2D eigenvalue weighted by atomic mass is 10.3. The first kappa shape index (κ1) is 14.2. The molecule has 1 N–H and O–H groups in total. The van der Waals surface area contributed by atoms with Crippen LogP contribution in [0.1, 0.15) is 12.6 Å². The second-order valence-electron chi connectivity index (χ2n) is 4.45. The third kappa shape index (κ3) is 2.58. The highest BCUT2D eigenvalue weighted by molar-refractivity contribution is 7.71. The summed E-state index contributed by atoms with van der Waals surface area (Å²) < 4.78 is 15.2. The molecule has 19 heavy (non-hydrogen) atoms. The van der Waals surface area contributed by atoms with Crippen molar-refractivity contribution in [3.8, 4) is 0 Å². The number of rotatable bonds is 6. The number of ether oxygens (including phenoxy) is 2. The molecule has 106 valence electrons. The number of aromatic amines is 1. The van der Waals surface area contributed by atoms with E-state index in [9.17, 15) is 0 Å². The largest absolute Gasteiger partial charge is 0.382 e. The Balaban J connectivity index is 2.47. The molecule has 6 nitrogen and oxygen atoms in total. The molecule has 2 rings (SSSR count). The zero-order valence-electron chi connectivity index (χ0n) is 11.8. The molecule has 0 spiro atoms. The number of nitrogens with zero attached hydrogens (tertiary/aromatic N) is 3. The summed E-state index contributed by atoms with van der Waals surface area (Å²) in [5.41, 5.74) is 2.98. The normalized spacial score (nSPS) is 13.3. The number of aryl methyl sites for hydroxylation is 2. The van der Waals surface area contributed by atoms with Gasteiger partial charge in [-0.3, -0.25) is 4.57 Å². The van der Waals surface area contributed by atoms with Gasteiger partial charge in [0.25, 0.3) is 0 Å². The number of hydrogen-bond acceptors (Lipinski definition) is 4. The summed E-state index contributed by atoms with van der Waals surface area (Å²) >= 11 is 5.39. The van der Waals surface area contributed by atoms with Crippen molar-refractivity contribution < 1.29 is 9.47 Å². The number of imidazole rings is 1. The summed E-state index contributed by atoms with van der Waals surface area (Å²) in [6.07, 6.45) is -0.0313. The zero-order chi connectivity index (χ0) is 14.0. The van der Waals surface area contributed by atoms with Crippen LogP contribution < -0.4 is 0 Å². The van der Waals surface area contributed by atoms with E-state index in [1.54, 1.807) is 14.2 Å². The molecule has 0 aliphatic carbocycles. The smallest absolute Gasteiger partial charge is 0.179 e. The van der Waals surface area contributed by atoms with E-state index < -0.39 is 0 Å². The summed E-state index contributed by atoms with van der Waals surface area (Å²) in [6.45, 7) is 6.03. The van der Waals surface area contributed by atoms with Gasteiger partial charge in [-0.1, -0.05) is 0 Å². The Morgan fingerprint density at radius 3 is 2.74 bits per heavy atom. The van der Waals surface area contributed by atoms with Crippen molar-refractivity contribution in [1.29, 1.82) is 0 Å². The summed E-state index contributed by atoms with van der Waals surface area (Å²) in [5, 5.41) is 4.50. The molecular formula is C12H20N4O2S. The molecule has 0 fully saturated rings. The predicted octanol–water partition coefficient (Wildman–Crippen LogP) is 1.89. The fourth-order valence-electron chi connectivity index (χ4n) is 2.24. The monoisotopic (exact) mass is 284 g/mol. The lowest BCUT2D eigenvalue weighted by Gasteiger charge is -2.15. The predicted molar refractivity (Wildman–Crippen MR) is 76.0 cm³/mol. The fraction of sp³-hybridized carbons (Fsp3) is 0.667. The van der Waals surface area contributed by atoms with Gasteiger partial charge in [0.15, 0.2) is 10.4 Å². The van der Waals surface area contributed by atoms with E-state index in [0.717, 1.165) is 23.4 Å². The highest BCUT2D eigenvalue weighted by Gasteiger charge is 2.17. The van der Waals surface area contributed by atoms with E-state index >= 15 is 0 Å². The molecule has 0 amide bonds. The topological polar surface area (TPSA) is 57.0 Å². The Morgan fingerprint density at radius 2 is 2.16 bits per heavy atom. The lowest BCUT2D eigenvalue weighted by molar-refractivity contribution is 0.0186. The third-order valence-electron chi connectivity index (χ3n) is 3.21. The van der Waals surface area contributed by atoms with Crippen LogP contribution >= 0.6 is 12.2 Å². The van der Waals surface area contributed by atoms with Crippen molar-refractivity contribution >= 4 is 23.4 Å². The van der Waals surface area contributed by atoms with Crippen molar-refractivity contribution in [2.75, 3.05) is 20.8 Å². The van der Waals surface area contributed by atoms with Crippen LogP contribution in [0.2, 0.25) is 0 Å². The van der Waals surface area contributed by atoms with Crippen LogP contribution in [0.5, 0.6) is 0 Å². The fourth-order valence-corrected chi connectivity index (χ4v) is 2.50. The van der Waals surface area contributed by atoms with Crippen molar-refractivity contribution in [3.63, 3.8) is 0 Å². The summed E-state index contributed by atoms with van der Waals surface area (Å²) in [5.74, 6) is 0. The molecule has 2 aromatic rings. The molecule has 0 radical (unpaired) electrons. The average molecular weight is 284 g/mol. The number of fused-ring (bicyclic) bond motifs is 1. The summed E-state index contributed by atoms with van der Waals surface area (Å²) in [4.78, 5) is 3.22. The first-order chi connectivity index (χ1) is 9.12. The van der Waals surface area contributed by atoms with E-state index in [0.29, 0.717) is 17.9 Å². The van der Waals surface area contributed by atoms with E-state index in [1.165, 1.54) is 0 Å². The zero-order valence-corrected chi connectivity index (χ0v) is 12.6. The summed E-state index contributed by atoms with van der Waals surface area (Å²) in [7, 11) is 3.35. The van der Waals surface area contributed by atoms with E-state index in [4.69, 9.17) is 21.7 Å². The van der Waals surface area contributed by atoms with Crippen LogP contribution in [-0.2, 0) is 22.6 Å². The molecule has 0 aliphatic heterocycles. The van der Waals surface area contributed by atoms with Gasteiger partial charge in [-0.2, -0.15) is 5.10 Å². The molecule has 0 saturated carbocycles. The van der Waals surface area contributed by atoms with Gasteiger partial charge >= 0.3 is 0 Å². The van der Waals surface area contributed by atoms with Gasteiger partial charge in [-0.25, -0.2) is 4.68 Å². The van der Waals surface area contributed by atoms with Gasteiger partial charge in [0.2, 0.25) is 0 Å². The molecule has 0 aromatic carbocycles. The second-order valence-corrected chi connectivity index (χ2v) is 4.84. The van der Waals surface area contributed by atoms with Crippen LogP contribution in [0.3, 0.4) is 0 Å². The van der Waals surface area contributed by atoms with Crippen molar-refractivity contribution in [1.82, 2.24) is 19.3 Å². The Kier molecular flexibility index (Phi) is 4.38. The number of H-pyrrole nitrogens is 1. The average Bonchev–Trinajstić information content (AvgIpc) is 2.88. The first-order valence-electron chi connectivity index (χ1n) is 6.30. The molecule has 1 atom stereocenters. The molecular weight excluding hydrogens is 264 g/mol. The van der Waals surface area contributed by atoms with Crippen molar-refractivity contribution in [3.05, 3.63) is 10.5 Å². The van der Waals surface area contributed by atoms with Crippen LogP contribution in [-0.4, -0.2) is 46.3 Å². The van der Waals surface area contributed by atoms with E-state index in [1.807, 2.05) is 16.2 Å². The Labute approximate surface area is 117 Å². The molecule has 0 aliphatic rings. The molecule has 0 saturated heterocycles. The van der Waals surface area contributed by atoms with Gasteiger partial charge in [0, 0.05) is 20.8 Å². The lowest BCUT2D eigenvalue weighted by Crippen LogP contribution is -2.24. The van der Waals surface area contributed by atoms with Crippen molar-refractivity contribution in [2.45, 2.75) is 33.0 Å². The molecule has 0 bridgehead atoms. The highest BCUT2D eigenvalue weighted by atomic mass is 32.1. The van der Waals surface area contributed by atoms with Gasteiger partial charge in [-0.05, 0) is 26.1 Å². The van der Waals surface area contributed by atoms with Crippen LogP contribution in [0.4, 0.5) is 0 Å². The van der Waals surface area contributed by atoms with E-state index in [2.05, 4.69) is 17.0 Å². The van der Waals surface area contributed by atoms with Crippen LogP contribution in [0, 0.1) is 11.7 Å². The molecule has 2 aromatic heterocycles. The van der Waals surface area contributed by atoms with Gasteiger partial charge in [0.05, 0.1) is 24.9 Å². The number of hydrogen-bond donors (Lipinski definition) is 1. The molecule has 1 unspecified atom stereocenters.